The number of amides is 3. The number of hydrogen-bond donors (Lipinski definition) is 5. The summed E-state index contributed by atoms with van der Waals surface area (Å²) in [5.41, 5.74) is 8.54. The Morgan fingerprint density at radius 1 is 1.13 bits per heavy atom. The molecule has 3 aliphatic rings. The number of aliphatic carboxylic acids is 1. The molecule has 17 nitrogen and oxygen atoms in total. The average Bonchev–Trinajstić information content (AvgIpc) is 3.92. The first kappa shape index (κ1) is 35.7. The fraction of sp³-hybridized carbons (Fsp3) is 0.344. The van der Waals surface area contributed by atoms with Gasteiger partial charge in [-0.3, -0.25) is 28.6 Å². The van der Waals surface area contributed by atoms with Crippen molar-refractivity contribution >= 4 is 81.9 Å². The molecule has 52 heavy (non-hydrogen) atoms. The number of nitrogens with two attached hydrogens (primary N) is 1. The highest BCUT2D eigenvalue weighted by Crippen LogP contribution is 2.40. The van der Waals surface area contributed by atoms with Gasteiger partial charge in [-0.25, -0.2) is 29.3 Å². The second-order valence-electron chi connectivity index (χ2n) is 11.9. The zero-order chi connectivity index (χ0) is 36.2. The van der Waals surface area contributed by atoms with Crippen molar-refractivity contribution in [3.05, 3.63) is 76.1 Å². The molecule has 0 saturated carbocycles. The van der Waals surface area contributed by atoms with Crippen LogP contribution in [-0.4, -0.2) is 89.9 Å². The fourth-order valence-electron chi connectivity index (χ4n) is 5.96. The minimum absolute atomic E-state index is 0.0895. The smallest absolute Gasteiger partial charge is 0.411 e. The number of imidazole rings is 1. The number of aromatic nitrogens is 4. The van der Waals surface area contributed by atoms with Gasteiger partial charge < -0.3 is 25.6 Å². The van der Waals surface area contributed by atoms with E-state index >= 15 is 0 Å². The number of nitrogens with zero attached hydrogens (tertiary/aromatic N) is 5. The summed E-state index contributed by atoms with van der Waals surface area (Å²) >= 11 is 3.86. The van der Waals surface area contributed by atoms with Gasteiger partial charge in [0.1, 0.15) is 41.8 Å². The van der Waals surface area contributed by atoms with Crippen LogP contribution >= 0.6 is 35.3 Å². The van der Waals surface area contributed by atoms with Crippen LogP contribution in [0.1, 0.15) is 29.5 Å². The van der Waals surface area contributed by atoms with Crippen LogP contribution < -0.4 is 21.1 Å². The highest BCUT2D eigenvalue weighted by Gasteiger charge is 2.54. The van der Waals surface area contributed by atoms with Crippen molar-refractivity contribution in [3.63, 3.8) is 0 Å². The Hall–Kier alpha value is -4.73. The van der Waals surface area contributed by atoms with Crippen LogP contribution in [0.2, 0.25) is 0 Å². The zero-order valence-corrected chi connectivity index (χ0v) is 29.7. The Kier molecular flexibility index (Phi) is 10.9. The van der Waals surface area contributed by atoms with E-state index in [4.69, 9.17) is 19.4 Å². The summed E-state index contributed by atoms with van der Waals surface area (Å²) in [6.45, 7) is 0.559. The molecule has 0 spiro atoms. The van der Waals surface area contributed by atoms with Crippen LogP contribution in [0.3, 0.4) is 0 Å². The van der Waals surface area contributed by atoms with Crippen molar-refractivity contribution in [3.8, 4) is 0 Å². The van der Waals surface area contributed by atoms with Gasteiger partial charge in [0.05, 0.1) is 37.7 Å². The monoisotopic (exact) mass is 767 g/mol. The largest absolute Gasteiger partial charge is 0.477 e. The van der Waals surface area contributed by atoms with Crippen LogP contribution in [0.15, 0.2) is 65.7 Å². The summed E-state index contributed by atoms with van der Waals surface area (Å²) in [7, 11) is 0. The number of carbonyl (C=O) groups is 4. The number of thioether (sulfide) groups is 1. The molecular weight excluding hydrogens is 735 g/mol. The number of carboxylic acids is 1. The second kappa shape index (κ2) is 15.9. The Balaban J connectivity index is 0.813. The SMILES string of the molecule is Nc1ncnc2c1ncn2C1CCC(COSNCc2ccc(NC(=O)OCC3=C(C(=O)O)N4C(=O)C(NC(=O)Cc5cccs5)C4SC3)cc2)O1. The van der Waals surface area contributed by atoms with E-state index in [2.05, 4.69) is 30.3 Å². The van der Waals surface area contributed by atoms with Gasteiger partial charge >= 0.3 is 12.1 Å². The van der Waals surface area contributed by atoms with Gasteiger partial charge in [-0.2, -0.15) is 0 Å². The van der Waals surface area contributed by atoms with Crippen molar-refractivity contribution in [2.24, 2.45) is 0 Å². The summed E-state index contributed by atoms with van der Waals surface area (Å²) in [6, 6.07) is 9.92. The molecular formula is C32H33N9O8S3. The number of carbonyl (C=O) groups excluding carboxylic acids is 3. The molecule has 2 fully saturated rings. The van der Waals surface area contributed by atoms with Gasteiger partial charge in [-0.05, 0) is 42.0 Å². The van der Waals surface area contributed by atoms with E-state index in [0.717, 1.165) is 40.4 Å². The predicted molar refractivity (Wildman–Crippen MR) is 192 cm³/mol. The minimum atomic E-state index is -1.31. The summed E-state index contributed by atoms with van der Waals surface area (Å²) in [4.78, 5) is 64.6. The fourth-order valence-corrected chi connectivity index (χ4v) is 8.52. The molecule has 3 amide bonds. The number of carboxylic acid groups (broad SMARTS) is 1. The molecule has 4 atom stereocenters. The van der Waals surface area contributed by atoms with Gasteiger partial charge in [0.25, 0.3) is 5.91 Å². The highest BCUT2D eigenvalue weighted by molar-refractivity contribution is 8.00. The summed E-state index contributed by atoms with van der Waals surface area (Å²) < 4.78 is 22.2. The first-order valence-electron chi connectivity index (χ1n) is 16.1. The maximum atomic E-state index is 12.9. The quantitative estimate of drug-likeness (QED) is 0.0538. The Bertz CT molecular complexity index is 1990. The number of rotatable bonds is 14. The lowest BCUT2D eigenvalue weighted by atomic mass is 10.0. The van der Waals surface area contributed by atoms with E-state index in [0.29, 0.717) is 35.8 Å². The maximum absolute atomic E-state index is 12.9. The minimum Gasteiger partial charge on any atom is -0.477 e. The molecule has 2 saturated heterocycles. The van der Waals surface area contributed by atoms with Crippen molar-refractivity contribution in [2.75, 3.05) is 30.0 Å². The third-order valence-corrected chi connectivity index (χ3v) is 11.2. The molecule has 0 aliphatic carbocycles. The number of thiophene rings is 1. The number of nitrogen functional groups attached to an aromatic ring is 1. The number of nitrogens with one attached hydrogen (secondary N) is 3. The third kappa shape index (κ3) is 7.86. The maximum Gasteiger partial charge on any atom is 0.411 e. The van der Waals surface area contributed by atoms with Gasteiger partial charge in [0, 0.05) is 28.4 Å². The zero-order valence-electron chi connectivity index (χ0n) is 27.3. The number of fused-ring (bicyclic) bond motifs is 2. The molecule has 3 aliphatic heterocycles. The summed E-state index contributed by atoms with van der Waals surface area (Å²) in [5.74, 6) is -1.60. The molecule has 4 aromatic rings. The normalized spacial score (nSPS) is 21.2. The van der Waals surface area contributed by atoms with Crippen LogP contribution in [0.5, 0.6) is 0 Å². The highest BCUT2D eigenvalue weighted by atomic mass is 32.2. The second-order valence-corrected chi connectivity index (χ2v) is 14.8. The van der Waals surface area contributed by atoms with Gasteiger partial charge in [-0.1, -0.05) is 18.2 Å². The van der Waals surface area contributed by atoms with Crippen molar-refractivity contribution in [2.45, 2.75) is 49.6 Å². The van der Waals surface area contributed by atoms with Crippen molar-refractivity contribution in [1.29, 1.82) is 0 Å². The van der Waals surface area contributed by atoms with Crippen molar-refractivity contribution in [1.82, 2.24) is 34.5 Å². The molecule has 20 heteroatoms. The predicted octanol–water partition coefficient (Wildman–Crippen LogP) is 3.05. The number of anilines is 2. The lowest BCUT2D eigenvalue weighted by Gasteiger charge is -2.49. The van der Waals surface area contributed by atoms with E-state index in [9.17, 15) is 24.3 Å². The lowest BCUT2D eigenvalue weighted by molar-refractivity contribution is -0.150. The van der Waals surface area contributed by atoms with E-state index in [1.54, 1.807) is 18.5 Å². The van der Waals surface area contributed by atoms with E-state index in [1.165, 1.54) is 29.4 Å². The molecule has 1 aromatic carbocycles. The molecule has 3 aromatic heterocycles. The van der Waals surface area contributed by atoms with E-state index in [1.807, 2.05) is 34.2 Å². The topological polar surface area (TPSA) is 225 Å². The van der Waals surface area contributed by atoms with Crippen LogP contribution in [0, 0.1) is 0 Å². The van der Waals surface area contributed by atoms with Crippen molar-refractivity contribution < 1.29 is 37.9 Å². The van der Waals surface area contributed by atoms with E-state index < -0.39 is 29.4 Å². The molecule has 7 rings (SSSR count). The summed E-state index contributed by atoms with van der Waals surface area (Å²) in [5, 5.41) is 16.6. The lowest BCUT2D eigenvalue weighted by Crippen LogP contribution is -2.70. The number of ether oxygens (including phenoxy) is 2. The van der Waals surface area contributed by atoms with Gasteiger partial charge in [0.2, 0.25) is 5.91 Å². The molecule has 272 valence electrons. The van der Waals surface area contributed by atoms with Crippen LogP contribution in [0.25, 0.3) is 11.2 Å². The first-order chi connectivity index (χ1) is 25.2. The molecule has 6 heterocycles. The first-order valence-corrected chi connectivity index (χ1v) is 18.8. The Morgan fingerprint density at radius 2 is 1.98 bits per heavy atom. The number of benzene rings is 1. The third-order valence-electron chi connectivity index (χ3n) is 8.49. The Morgan fingerprint density at radius 3 is 2.77 bits per heavy atom. The van der Waals surface area contributed by atoms with Crippen LogP contribution in [0.4, 0.5) is 16.3 Å². The number of hydrogen-bond acceptors (Lipinski definition) is 15. The van der Waals surface area contributed by atoms with Gasteiger partial charge in [-0.15, -0.1) is 23.1 Å². The van der Waals surface area contributed by atoms with Gasteiger partial charge in [0.15, 0.2) is 11.5 Å². The average molecular weight is 768 g/mol. The molecule has 4 unspecified atom stereocenters. The standard InChI is InChI=1S/C32H33N9O8S3/c33-27-24-28(35-15-34-27)40(16-36-24)23-8-7-20(49-23)13-48-52-37-11-17-3-5-19(6-4-17)38-32(46)47-12-18-14-51-30-25(29(43)41(30)26(18)31(44)45)39-22(42)10-21-2-1-9-50-21/h1-6,9,15-16,20,23,25,30,37H,7-8,10-14H2,(H,38,46)(H,39,42)(H,44,45)(H2,33,34,35). The molecule has 0 radical (unpaired) electrons. The summed E-state index contributed by atoms with van der Waals surface area (Å²) in [6.07, 6.45) is 3.73. The molecule has 6 N–H and O–H groups in total. The molecule has 0 bridgehead atoms. The Labute approximate surface area is 309 Å². The number of β-lactam (4-membered cyclic amide) rings is 1. The van der Waals surface area contributed by atoms with Crippen LogP contribution in [-0.2, 0) is 41.0 Å². The van der Waals surface area contributed by atoms with E-state index in [-0.39, 0.29) is 48.3 Å².